The summed E-state index contributed by atoms with van der Waals surface area (Å²) < 4.78 is 83.8. The van der Waals surface area contributed by atoms with Gasteiger partial charge >= 0.3 is 6.36 Å². The third-order valence-electron chi connectivity index (χ3n) is 6.67. The molecule has 0 heterocycles. The van der Waals surface area contributed by atoms with Crippen LogP contribution in [0.25, 0.3) is 10.8 Å². The van der Waals surface area contributed by atoms with E-state index < -0.39 is 34.9 Å². The van der Waals surface area contributed by atoms with E-state index in [1.165, 1.54) is 25.0 Å². The maximum absolute atomic E-state index is 14.4. The molecule has 0 saturated heterocycles. The summed E-state index contributed by atoms with van der Waals surface area (Å²) in [5.74, 6) is -4.63. The van der Waals surface area contributed by atoms with Crippen LogP contribution in [0.1, 0.15) is 56.9 Å². The summed E-state index contributed by atoms with van der Waals surface area (Å²) in [7, 11) is 0. The standard InChI is InChI=1S/C22H22F6O/c1-11-2-3-13-9-14(5-4-12(13)8-11)15-6-7-16-17(10-15)18(23)19(24)20(25)21(16)29-22(26,27)28/h6-7,10-14H,2-5,8-9H2,1H3. The minimum atomic E-state index is -5.22. The molecule has 2 saturated carbocycles. The van der Waals surface area contributed by atoms with Crippen LogP contribution in [0.3, 0.4) is 0 Å². The van der Waals surface area contributed by atoms with Crippen molar-refractivity contribution in [1.29, 1.82) is 0 Å². The Kier molecular flexibility index (Phi) is 5.20. The molecule has 2 aromatic carbocycles. The predicted octanol–water partition coefficient (Wildman–Crippen LogP) is 7.48. The van der Waals surface area contributed by atoms with Gasteiger partial charge in [-0.15, -0.1) is 13.2 Å². The number of alkyl halides is 3. The van der Waals surface area contributed by atoms with Gasteiger partial charge in [-0.2, -0.15) is 4.39 Å². The van der Waals surface area contributed by atoms with Gasteiger partial charge in [-0.05, 0) is 67.4 Å². The van der Waals surface area contributed by atoms with Crippen molar-refractivity contribution in [1.82, 2.24) is 0 Å². The van der Waals surface area contributed by atoms with Crippen LogP contribution in [0, 0.1) is 35.2 Å². The summed E-state index contributed by atoms with van der Waals surface area (Å²) in [6.45, 7) is 2.27. The average Bonchev–Trinajstić information content (AvgIpc) is 2.68. The first-order valence-corrected chi connectivity index (χ1v) is 10.00. The Labute approximate surface area is 165 Å². The van der Waals surface area contributed by atoms with Gasteiger partial charge in [0.15, 0.2) is 17.4 Å². The monoisotopic (exact) mass is 416 g/mol. The highest BCUT2D eigenvalue weighted by Crippen LogP contribution is 2.48. The van der Waals surface area contributed by atoms with Crippen molar-refractivity contribution >= 4 is 10.8 Å². The molecule has 0 bridgehead atoms. The third kappa shape index (κ3) is 3.92. The molecule has 0 amide bonds. The lowest BCUT2D eigenvalue weighted by Crippen LogP contribution is -2.29. The molecule has 0 N–H and O–H groups in total. The molecule has 158 valence electrons. The van der Waals surface area contributed by atoms with E-state index in [9.17, 15) is 26.3 Å². The van der Waals surface area contributed by atoms with E-state index in [0.717, 1.165) is 37.2 Å². The van der Waals surface area contributed by atoms with Crippen molar-refractivity contribution in [3.63, 3.8) is 0 Å². The van der Waals surface area contributed by atoms with Crippen LogP contribution in [-0.2, 0) is 0 Å². The molecule has 2 aromatic rings. The van der Waals surface area contributed by atoms with Crippen molar-refractivity contribution in [3.05, 3.63) is 41.2 Å². The molecule has 0 radical (unpaired) electrons. The van der Waals surface area contributed by atoms with Crippen LogP contribution in [0.15, 0.2) is 18.2 Å². The number of fused-ring (bicyclic) bond motifs is 2. The molecule has 29 heavy (non-hydrogen) atoms. The summed E-state index contributed by atoms with van der Waals surface area (Å²) in [6.07, 6.45) is 1.22. The number of hydrogen-bond acceptors (Lipinski definition) is 1. The summed E-state index contributed by atoms with van der Waals surface area (Å²) in [5, 5.41) is -0.817. The fourth-order valence-electron chi connectivity index (χ4n) is 5.27. The second-order valence-electron chi connectivity index (χ2n) is 8.57. The summed E-state index contributed by atoms with van der Waals surface area (Å²) >= 11 is 0. The zero-order valence-corrected chi connectivity index (χ0v) is 16.0. The molecule has 1 nitrogen and oxygen atoms in total. The minimum absolute atomic E-state index is 0.133. The Morgan fingerprint density at radius 2 is 1.52 bits per heavy atom. The van der Waals surface area contributed by atoms with E-state index in [-0.39, 0.29) is 11.3 Å². The van der Waals surface area contributed by atoms with Gasteiger partial charge in [0.25, 0.3) is 0 Å². The lowest BCUT2D eigenvalue weighted by molar-refractivity contribution is -0.275. The predicted molar refractivity (Wildman–Crippen MR) is 97.1 cm³/mol. The van der Waals surface area contributed by atoms with Gasteiger partial charge < -0.3 is 4.74 Å². The van der Waals surface area contributed by atoms with E-state index >= 15 is 0 Å². The maximum atomic E-state index is 14.4. The Morgan fingerprint density at radius 1 is 0.828 bits per heavy atom. The van der Waals surface area contributed by atoms with E-state index in [1.54, 1.807) is 6.07 Å². The molecule has 0 aliphatic heterocycles. The van der Waals surface area contributed by atoms with Crippen molar-refractivity contribution in [2.75, 3.05) is 0 Å². The van der Waals surface area contributed by atoms with Crippen molar-refractivity contribution < 1.29 is 31.1 Å². The quantitative estimate of drug-likeness (QED) is 0.364. The second-order valence-corrected chi connectivity index (χ2v) is 8.57. The molecule has 0 aromatic heterocycles. The van der Waals surface area contributed by atoms with Gasteiger partial charge in [0.1, 0.15) is 0 Å². The van der Waals surface area contributed by atoms with Gasteiger partial charge in [-0.3, -0.25) is 0 Å². The smallest absolute Gasteiger partial charge is 0.402 e. The molecule has 7 heteroatoms. The van der Waals surface area contributed by atoms with Gasteiger partial charge in [-0.1, -0.05) is 25.5 Å². The number of rotatable bonds is 2. The molecule has 4 unspecified atom stereocenters. The van der Waals surface area contributed by atoms with Crippen LogP contribution in [0.4, 0.5) is 26.3 Å². The van der Waals surface area contributed by atoms with Crippen LogP contribution in [-0.4, -0.2) is 6.36 Å². The normalized spacial score (nSPS) is 27.7. The van der Waals surface area contributed by atoms with Crippen molar-refractivity contribution in [3.8, 4) is 5.75 Å². The number of ether oxygens (including phenoxy) is 1. The molecule has 4 rings (SSSR count). The van der Waals surface area contributed by atoms with Crippen LogP contribution < -0.4 is 4.74 Å². The zero-order valence-electron chi connectivity index (χ0n) is 16.0. The lowest BCUT2D eigenvalue weighted by atomic mass is 9.64. The van der Waals surface area contributed by atoms with E-state index in [2.05, 4.69) is 11.7 Å². The SMILES string of the molecule is CC1CCC2CC(c3ccc4c(OC(F)(F)F)c(F)c(F)c(F)c4c3)CCC2C1. The molecule has 2 aliphatic carbocycles. The summed E-state index contributed by atoms with van der Waals surface area (Å²) in [4.78, 5) is 0. The fourth-order valence-corrected chi connectivity index (χ4v) is 5.27. The molecule has 0 spiro atoms. The van der Waals surface area contributed by atoms with Gasteiger partial charge in [0.2, 0.25) is 5.82 Å². The summed E-state index contributed by atoms with van der Waals surface area (Å²) in [5.41, 5.74) is 0.748. The van der Waals surface area contributed by atoms with Gasteiger partial charge in [0.05, 0.1) is 0 Å². The molecular weight excluding hydrogens is 394 g/mol. The minimum Gasteiger partial charge on any atom is -0.402 e. The third-order valence-corrected chi connectivity index (χ3v) is 6.67. The zero-order chi connectivity index (χ0) is 20.9. The van der Waals surface area contributed by atoms with E-state index in [1.807, 2.05) is 0 Å². The van der Waals surface area contributed by atoms with Gasteiger partial charge in [0, 0.05) is 10.8 Å². The Morgan fingerprint density at radius 3 is 2.24 bits per heavy atom. The Balaban J connectivity index is 1.69. The van der Waals surface area contributed by atoms with Crippen molar-refractivity contribution in [2.45, 2.75) is 57.7 Å². The molecular formula is C22H22F6O. The molecule has 4 atom stereocenters. The fraction of sp³-hybridized carbons (Fsp3) is 0.545. The first-order valence-electron chi connectivity index (χ1n) is 10.00. The summed E-state index contributed by atoms with van der Waals surface area (Å²) in [6, 6.07) is 4.14. The Bertz CT molecular complexity index is 922. The topological polar surface area (TPSA) is 9.23 Å². The van der Waals surface area contributed by atoms with E-state index in [4.69, 9.17) is 0 Å². The maximum Gasteiger partial charge on any atom is 0.573 e. The lowest BCUT2D eigenvalue weighted by Gasteiger charge is -2.41. The Hall–Kier alpha value is -1.92. The number of benzene rings is 2. The van der Waals surface area contributed by atoms with E-state index in [0.29, 0.717) is 11.8 Å². The van der Waals surface area contributed by atoms with Crippen LogP contribution in [0.2, 0.25) is 0 Å². The largest absolute Gasteiger partial charge is 0.573 e. The number of hydrogen-bond donors (Lipinski definition) is 0. The molecule has 2 aliphatic rings. The van der Waals surface area contributed by atoms with Crippen LogP contribution in [0.5, 0.6) is 5.75 Å². The highest BCUT2D eigenvalue weighted by Gasteiger charge is 2.37. The number of halogens is 6. The highest BCUT2D eigenvalue weighted by atomic mass is 19.4. The van der Waals surface area contributed by atoms with Gasteiger partial charge in [-0.25, -0.2) is 8.78 Å². The first kappa shape index (κ1) is 20.4. The van der Waals surface area contributed by atoms with Crippen molar-refractivity contribution in [2.24, 2.45) is 17.8 Å². The molecule has 2 fully saturated rings. The highest BCUT2D eigenvalue weighted by molar-refractivity contribution is 5.90. The second kappa shape index (κ2) is 7.40. The average molecular weight is 416 g/mol. The first-order chi connectivity index (χ1) is 13.6. The van der Waals surface area contributed by atoms with Crippen LogP contribution >= 0.6 is 0 Å².